The molecular formula is C5H8N4O3. The van der Waals surface area contributed by atoms with Crippen LogP contribution < -0.4 is 16.2 Å². The molecule has 1 rings (SSSR count). The van der Waals surface area contributed by atoms with E-state index >= 15 is 0 Å². The van der Waals surface area contributed by atoms with E-state index in [4.69, 9.17) is 5.11 Å². The highest BCUT2D eigenvalue weighted by molar-refractivity contribution is 5.93. The highest BCUT2D eigenvalue weighted by atomic mass is 16.4. The quantitative estimate of drug-likeness (QED) is 0.398. The summed E-state index contributed by atoms with van der Waals surface area (Å²) in [4.78, 5) is 24.2. The fourth-order valence-corrected chi connectivity index (χ4v) is 0.640. The summed E-state index contributed by atoms with van der Waals surface area (Å²) in [5.41, 5.74) is 4.68. The summed E-state index contributed by atoms with van der Waals surface area (Å²) in [6.45, 7) is -0.0843. The zero-order chi connectivity index (χ0) is 8.97. The van der Waals surface area contributed by atoms with Crippen molar-refractivity contribution in [1.82, 2.24) is 16.2 Å². The number of carbonyl (C=O) groups is 2. The standard InChI is InChI=1S/C5H8N4O3/c10-4(11)2-6-3-1-7-5(12)9-8-3/h1-2H2,(H,6,8)(H,10,11)(H2,7,9,12). The first-order valence-electron chi connectivity index (χ1n) is 3.23. The minimum Gasteiger partial charge on any atom is -0.480 e. The molecule has 0 unspecified atom stereocenters. The van der Waals surface area contributed by atoms with E-state index in [2.05, 4.69) is 21.2 Å². The van der Waals surface area contributed by atoms with E-state index in [-0.39, 0.29) is 19.1 Å². The van der Waals surface area contributed by atoms with Crippen molar-refractivity contribution in [2.45, 2.75) is 0 Å². The third kappa shape index (κ3) is 2.45. The minimum absolute atomic E-state index is 0.221. The van der Waals surface area contributed by atoms with Gasteiger partial charge in [0.1, 0.15) is 12.4 Å². The van der Waals surface area contributed by atoms with Gasteiger partial charge < -0.3 is 10.4 Å². The zero-order valence-corrected chi connectivity index (χ0v) is 6.13. The van der Waals surface area contributed by atoms with Gasteiger partial charge in [-0.1, -0.05) is 0 Å². The van der Waals surface area contributed by atoms with Gasteiger partial charge in [0.15, 0.2) is 0 Å². The number of nitrogens with one attached hydrogen (secondary N) is 3. The van der Waals surface area contributed by atoms with Gasteiger partial charge in [0.05, 0.1) is 6.54 Å². The Morgan fingerprint density at radius 1 is 1.58 bits per heavy atom. The number of carbonyl (C=O) groups excluding carboxylic acids is 1. The highest BCUT2D eigenvalue weighted by Gasteiger charge is 2.09. The Kier molecular flexibility index (Phi) is 2.46. The Balaban J connectivity index is 2.38. The monoisotopic (exact) mass is 172 g/mol. The molecule has 7 heteroatoms. The first-order chi connectivity index (χ1) is 5.68. The number of carboxylic acids is 1. The number of rotatable bonds is 2. The van der Waals surface area contributed by atoms with Crippen LogP contribution in [0.1, 0.15) is 0 Å². The Labute approximate surface area is 67.8 Å². The number of nitrogens with zero attached hydrogens (tertiary/aromatic N) is 1. The van der Waals surface area contributed by atoms with E-state index in [9.17, 15) is 9.59 Å². The van der Waals surface area contributed by atoms with Gasteiger partial charge in [-0.15, -0.1) is 0 Å². The first-order valence-corrected chi connectivity index (χ1v) is 3.23. The molecule has 1 aliphatic rings. The van der Waals surface area contributed by atoms with E-state index in [0.29, 0.717) is 5.84 Å². The molecule has 0 bridgehead atoms. The molecular weight excluding hydrogens is 164 g/mol. The lowest BCUT2D eigenvalue weighted by atomic mass is 10.5. The Bertz CT molecular complexity index is 225. The van der Waals surface area contributed by atoms with Crippen LogP contribution >= 0.6 is 0 Å². The lowest BCUT2D eigenvalue weighted by Crippen LogP contribution is -2.56. The van der Waals surface area contributed by atoms with Gasteiger partial charge in [0, 0.05) is 0 Å². The number of hydrogen-bond donors (Lipinski definition) is 4. The van der Waals surface area contributed by atoms with Crippen molar-refractivity contribution in [3.8, 4) is 0 Å². The molecule has 1 fully saturated rings. The van der Waals surface area contributed by atoms with Crippen LogP contribution in [0.5, 0.6) is 0 Å². The lowest BCUT2D eigenvalue weighted by Gasteiger charge is -2.17. The van der Waals surface area contributed by atoms with Crippen LogP contribution in [0.4, 0.5) is 4.79 Å². The topological polar surface area (TPSA) is 103 Å². The van der Waals surface area contributed by atoms with Crippen LogP contribution in [0.3, 0.4) is 0 Å². The molecule has 0 saturated carbocycles. The summed E-state index contributed by atoms with van der Waals surface area (Å²) < 4.78 is 0. The fraction of sp³-hybridized carbons (Fsp3) is 0.400. The van der Waals surface area contributed by atoms with E-state index < -0.39 is 5.97 Å². The Hall–Kier alpha value is -1.79. The van der Waals surface area contributed by atoms with Gasteiger partial charge in [-0.2, -0.15) is 0 Å². The second kappa shape index (κ2) is 3.56. The van der Waals surface area contributed by atoms with Gasteiger partial charge in [0.2, 0.25) is 0 Å². The van der Waals surface area contributed by atoms with Crippen LogP contribution in [-0.2, 0) is 4.79 Å². The molecule has 12 heavy (non-hydrogen) atoms. The second-order valence-electron chi connectivity index (χ2n) is 2.09. The van der Waals surface area contributed by atoms with Crippen molar-refractivity contribution in [2.75, 3.05) is 13.1 Å². The molecule has 0 atom stereocenters. The number of amidine groups is 1. The van der Waals surface area contributed by atoms with Gasteiger partial charge >= 0.3 is 12.0 Å². The summed E-state index contributed by atoms with van der Waals surface area (Å²) in [7, 11) is 0. The normalized spacial score (nSPS) is 19.3. The smallest absolute Gasteiger partial charge is 0.333 e. The van der Waals surface area contributed by atoms with Crippen molar-refractivity contribution < 1.29 is 14.7 Å². The predicted octanol–water partition coefficient (Wildman–Crippen LogP) is -1.71. The number of hydrazine groups is 1. The summed E-state index contributed by atoms with van der Waals surface area (Å²) in [5.74, 6) is -0.613. The first kappa shape index (κ1) is 8.31. The maximum Gasteiger partial charge on any atom is 0.333 e. The molecule has 0 radical (unpaired) electrons. The fourth-order valence-electron chi connectivity index (χ4n) is 0.640. The maximum absolute atomic E-state index is 10.5. The van der Waals surface area contributed by atoms with Crippen LogP contribution in [0.15, 0.2) is 4.99 Å². The number of aliphatic imine (C=N–C) groups is 1. The molecule has 0 aromatic heterocycles. The zero-order valence-electron chi connectivity index (χ0n) is 6.13. The van der Waals surface area contributed by atoms with Crippen LogP contribution in [0.25, 0.3) is 0 Å². The number of aliphatic carboxylic acids is 1. The second-order valence-corrected chi connectivity index (χ2v) is 2.09. The summed E-state index contributed by atoms with van der Waals surface area (Å²) in [6, 6.07) is -0.357. The van der Waals surface area contributed by atoms with Crippen LogP contribution in [0, 0.1) is 0 Å². The molecule has 1 heterocycles. The average Bonchev–Trinajstić information content (AvgIpc) is 2.03. The number of carboxylic acid groups (broad SMARTS) is 1. The molecule has 2 amide bonds. The summed E-state index contributed by atoms with van der Waals surface area (Å²) in [6.07, 6.45) is 0. The molecule has 1 saturated heterocycles. The predicted molar refractivity (Wildman–Crippen MR) is 39.6 cm³/mol. The molecule has 66 valence electrons. The Morgan fingerprint density at radius 3 is 2.83 bits per heavy atom. The SMILES string of the molecule is O=C(O)CN=C1CNC(=O)NN1. The van der Waals surface area contributed by atoms with E-state index in [1.807, 2.05) is 0 Å². The van der Waals surface area contributed by atoms with E-state index in [1.165, 1.54) is 0 Å². The molecule has 7 nitrogen and oxygen atoms in total. The van der Waals surface area contributed by atoms with Crippen molar-refractivity contribution in [3.63, 3.8) is 0 Å². The van der Waals surface area contributed by atoms with Gasteiger partial charge in [0.25, 0.3) is 0 Å². The highest BCUT2D eigenvalue weighted by Crippen LogP contribution is 1.78. The van der Waals surface area contributed by atoms with Gasteiger partial charge in [-0.3, -0.25) is 20.6 Å². The lowest BCUT2D eigenvalue weighted by molar-refractivity contribution is -0.135. The van der Waals surface area contributed by atoms with Crippen molar-refractivity contribution >= 4 is 17.8 Å². The minimum atomic E-state index is -1.01. The molecule has 0 spiro atoms. The third-order valence-corrected chi connectivity index (χ3v) is 1.14. The molecule has 0 aliphatic carbocycles. The van der Waals surface area contributed by atoms with Crippen molar-refractivity contribution in [2.24, 2.45) is 4.99 Å². The maximum atomic E-state index is 10.5. The summed E-state index contributed by atoms with van der Waals surface area (Å²) in [5, 5.41) is 10.7. The molecule has 0 aromatic carbocycles. The number of amides is 2. The van der Waals surface area contributed by atoms with Crippen LogP contribution in [-0.4, -0.2) is 36.0 Å². The number of hydrogen-bond acceptors (Lipinski definition) is 3. The molecule has 4 N–H and O–H groups in total. The van der Waals surface area contributed by atoms with E-state index in [1.54, 1.807) is 0 Å². The average molecular weight is 172 g/mol. The largest absolute Gasteiger partial charge is 0.480 e. The number of urea groups is 1. The third-order valence-electron chi connectivity index (χ3n) is 1.14. The molecule has 0 aromatic rings. The van der Waals surface area contributed by atoms with Crippen LogP contribution in [0.2, 0.25) is 0 Å². The molecule has 1 aliphatic heterocycles. The van der Waals surface area contributed by atoms with Gasteiger partial charge in [-0.25, -0.2) is 4.79 Å². The van der Waals surface area contributed by atoms with Crippen molar-refractivity contribution in [1.29, 1.82) is 0 Å². The van der Waals surface area contributed by atoms with Gasteiger partial charge in [-0.05, 0) is 0 Å². The Morgan fingerprint density at radius 2 is 2.33 bits per heavy atom. The van der Waals surface area contributed by atoms with Crippen molar-refractivity contribution in [3.05, 3.63) is 0 Å². The summed E-state index contributed by atoms with van der Waals surface area (Å²) >= 11 is 0. The van der Waals surface area contributed by atoms with E-state index in [0.717, 1.165) is 0 Å².